The first-order chi connectivity index (χ1) is 13.2. The second kappa shape index (κ2) is 8.07. The van der Waals surface area contributed by atoms with Crippen LogP contribution < -0.4 is 5.69 Å². The van der Waals surface area contributed by atoms with Gasteiger partial charge in [0, 0.05) is 23.0 Å². The highest BCUT2D eigenvalue weighted by Crippen LogP contribution is 2.28. The van der Waals surface area contributed by atoms with Crippen molar-refractivity contribution in [3.05, 3.63) is 69.6 Å². The van der Waals surface area contributed by atoms with Crippen LogP contribution in [0.1, 0.15) is 32.8 Å². The lowest BCUT2D eigenvalue weighted by Crippen LogP contribution is -2.20. The summed E-state index contributed by atoms with van der Waals surface area (Å²) in [5, 5.41) is 0.472. The monoisotopic (exact) mass is 395 g/mol. The quantitative estimate of drug-likeness (QED) is 0.679. The standard InChI is InChI=1S/C22H22ClN3O2/c1-22(2,3)18(27)12-10-14-9-11-17(23)16(13-14)20-24-19(25-21(28)26-20)15-7-5-4-6-8-15/h4-9,11,13H,10,12H2,1-3H3,(H,24,25,26,28). The van der Waals surface area contributed by atoms with E-state index in [1.54, 1.807) is 6.07 Å². The molecule has 0 saturated carbocycles. The van der Waals surface area contributed by atoms with Gasteiger partial charge in [-0.05, 0) is 24.1 Å². The van der Waals surface area contributed by atoms with Gasteiger partial charge in [-0.3, -0.25) is 9.78 Å². The lowest BCUT2D eigenvalue weighted by atomic mass is 9.87. The Balaban J connectivity index is 1.94. The van der Waals surface area contributed by atoms with E-state index in [9.17, 15) is 9.59 Å². The second-order valence-electron chi connectivity index (χ2n) is 7.68. The number of ketones is 1. The minimum atomic E-state index is -0.492. The summed E-state index contributed by atoms with van der Waals surface area (Å²) in [4.78, 5) is 35.4. The Labute approximate surface area is 168 Å². The molecule has 0 saturated heterocycles. The number of benzene rings is 2. The molecule has 144 valence electrons. The highest BCUT2D eigenvalue weighted by molar-refractivity contribution is 6.33. The van der Waals surface area contributed by atoms with Crippen LogP contribution in [0.5, 0.6) is 0 Å². The first kappa shape index (κ1) is 20.0. The molecular formula is C22H22ClN3O2. The highest BCUT2D eigenvalue weighted by atomic mass is 35.5. The molecule has 0 aliphatic rings. The van der Waals surface area contributed by atoms with Crippen LogP contribution in [0.4, 0.5) is 0 Å². The van der Waals surface area contributed by atoms with Gasteiger partial charge in [-0.25, -0.2) is 9.78 Å². The van der Waals surface area contributed by atoms with Crippen LogP contribution in [0.15, 0.2) is 53.3 Å². The molecule has 5 nitrogen and oxygen atoms in total. The van der Waals surface area contributed by atoms with Crippen LogP contribution in [0, 0.1) is 5.41 Å². The lowest BCUT2D eigenvalue weighted by molar-refractivity contribution is -0.126. The molecule has 0 fully saturated rings. The van der Waals surface area contributed by atoms with Crippen molar-refractivity contribution in [2.75, 3.05) is 0 Å². The summed E-state index contributed by atoms with van der Waals surface area (Å²) in [5.74, 6) is 0.891. The van der Waals surface area contributed by atoms with E-state index in [1.165, 1.54) is 0 Å². The molecule has 0 radical (unpaired) electrons. The minimum Gasteiger partial charge on any atom is -0.299 e. The van der Waals surface area contributed by atoms with Crippen molar-refractivity contribution in [2.45, 2.75) is 33.6 Å². The first-order valence-electron chi connectivity index (χ1n) is 9.10. The van der Waals surface area contributed by atoms with E-state index < -0.39 is 5.69 Å². The molecule has 0 bridgehead atoms. The molecule has 0 unspecified atom stereocenters. The van der Waals surface area contributed by atoms with Crippen molar-refractivity contribution in [2.24, 2.45) is 5.41 Å². The van der Waals surface area contributed by atoms with Crippen LogP contribution >= 0.6 is 11.6 Å². The van der Waals surface area contributed by atoms with Crippen molar-refractivity contribution in [3.8, 4) is 22.8 Å². The first-order valence-corrected chi connectivity index (χ1v) is 9.48. The average molecular weight is 396 g/mol. The zero-order chi connectivity index (χ0) is 20.3. The number of aromatic amines is 1. The summed E-state index contributed by atoms with van der Waals surface area (Å²) >= 11 is 6.37. The zero-order valence-electron chi connectivity index (χ0n) is 16.1. The van der Waals surface area contributed by atoms with Gasteiger partial charge in [0.2, 0.25) is 0 Å². The molecule has 1 N–H and O–H groups in total. The largest absolute Gasteiger partial charge is 0.348 e. The molecule has 1 heterocycles. The molecule has 2 aromatic carbocycles. The molecule has 0 spiro atoms. The van der Waals surface area contributed by atoms with Crippen LogP contribution in [0.2, 0.25) is 5.02 Å². The molecule has 0 amide bonds. The fourth-order valence-electron chi connectivity index (χ4n) is 2.77. The maximum absolute atomic E-state index is 12.2. The van der Waals surface area contributed by atoms with Crippen molar-refractivity contribution in [3.63, 3.8) is 0 Å². The summed E-state index contributed by atoms with van der Waals surface area (Å²) in [5.41, 5.74) is 1.46. The SMILES string of the molecule is CC(C)(C)C(=O)CCc1ccc(Cl)c(-c2nc(-c3ccccc3)nc(=O)[nH]2)c1. The number of H-pyrrole nitrogens is 1. The van der Waals surface area contributed by atoms with Gasteiger partial charge in [0.05, 0.1) is 5.02 Å². The summed E-state index contributed by atoms with van der Waals surface area (Å²) in [6, 6.07) is 14.8. The van der Waals surface area contributed by atoms with Crippen molar-refractivity contribution < 1.29 is 4.79 Å². The van der Waals surface area contributed by atoms with Crippen LogP contribution in [0.3, 0.4) is 0 Å². The average Bonchev–Trinajstić information content (AvgIpc) is 2.66. The van der Waals surface area contributed by atoms with Crippen molar-refractivity contribution in [1.29, 1.82) is 0 Å². The molecule has 6 heteroatoms. The number of hydrogen-bond acceptors (Lipinski definition) is 4. The van der Waals surface area contributed by atoms with Crippen molar-refractivity contribution >= 4 is 17.4 Å². The normalized spacial score (nSPS) is 11.4. The van der Waals surface area contributed by atoms with E-state index in [0.29, 0.717) is 35.1 Å². The van der Waals surface area contributed by atoms with E-state index in [0.717, 1.165) is 11.1 Å². The molecular weight excluding hydrogens is 374 g/mol. The fraction of sp³-hybridized carbons (Fsp3) is 0.273. The number of halogens is 1. The van der Waals surface area contributed by atoms with Gasteiger partial charge >= 0.3 is 5.69 Å². The van der Waals surface area contributed by atoms with Crippen LogP contribution in [0.25, 0.3) is 22.8 Å². The Morgan fingerprint density at radius 1 is 1.07 bits per heavy atom. The van der Waals surface area contributed by atoms with Gasteiger partial charge in [0.1, 0.15) is 11.6 Å². The highest BCUT2D eigenvalue weighted by Gasteiger charge is 2.20. The Hall–Kier alpha value is -2.79. The molecule has 0 aliphatic carbocycles. The predicted octanol–water partition coefficient (Wildman–Crippen LogP) is 4.70. The summed E-state index contributed by atoms with van der Waals surface area (Å²) in [7, 11) is 0. The number of nitrogens with zero attached hydrogens (tertiary/aromatic N) is 2. The topological polar surface area (TPSA) is 75.7 Å². The number of aryl methyl sites for hydroxylation is 1. The number of rotatable bonds is 5. The van der Waals surface area contributed by atoms with Gasteiger partial charge in [-0.2, -0.15) is 4.98 Å². The molecule has 0 aliphatic heterocycles. The Morgan fingerprint density at radius 2 is 1.79 bits per heavy atom. The third kappa shape index (κ3) is 4.73. The number of carbonyl (C=O) groups excluding carboxylic acids is 1. The van der Waals surface area contributed by atoms with Gasteiger partial charge in [-0.1, -0.05) is 68.8 Å². The Kier molecular flexibility index (Phi) is 5.75. The number of Topliss-reactive ketones (excluding diaryl/α,β-unsaturated/α-hetero) is 1. The van der Waals surface area contributed by atoms with Crippen LogP contribution in [-0.2, 0) is 11.2 Å². The smallest absolute Gasteiger partial charge is 0.299 e. The molecule has 3 aromatic rings. The zero-order valence-corrected chi connectivity index (χ0v) is 16.9. The number of aromatic nitrogens is 3. The second-order valence-corrected chi connectivity index (χ2v) is 8.09. The predicted molar refractivity (Wildman–Crippen MR) is 111 cm³/mol. The molecule has 1 aromatic heterocycles. The maximum Gasteiger partial charge on any atom is 0.348 e. The van der Waals surface area contributed by atoms with E-state index >= 15 is 0 Å². The van der Waals surface area contributed by atoms with Gasteiger partial charge in [-0.15, -0.1) is 0 Å². The molecule has 0 atom stereocenters. The lowest BCUT2D eigenvalue weighted by Gasteiger charge is -2.16. The van der Waals surface area contributed by atoms with Gasteiger partial charge in [0.25, 0.3) is 0 Å². The minimum absolute atomic E-state index is 0.200. The summed E-state index contributed by atoms with van der Waals surface area (Å²) < 4.78 is 0. The number of carbonyl (C=O) groups is 1. The Bertz CT molecular complexity index is 1050. The molecule has 3 rings (SSSR count). The van der Waals surface area contributed by atoms with Crippen molar-refractivity contribution in [1.82, 2.24) is 15.0 Å². The number of hydrogen-bond donors (Lipinski definition) is 1. The summed E-state index contributed by atoms with van der Waals surface area (Å²) in [6.45, 7) is 5.75. The Morgan fingerprint density at radius 3 is 2.46 bits per heavy atom. The van der Waals surface area contributed by atoms with Crippen LogP contribution in [-0.4, -0.2) is 20.7 Å². The van der Waals surface area contributed by atoms with Gasteiger partial charge in [0.15, 0.2) is 5.82 Å². The van der Waals surface area contributed by atoms with E-state index in [2.05, 4.69) is 15.0 Å². The fourth-order valence-corrected chi connectivity index (χ4v) is 2.98. The van der Waals surface area contributed by atoms with E-state index in [4.69, 9.17) is 11.6 Å². The number of nitrogens with one attached hydrogen (secondary N) is 1. The maximum atomic E-state index is 12.2. The van der Waals surface area contributed by atoms with Gasteiger partial charge < -0.3 is 0 Å². The van der Waals surface area contributed by atoms with E-state index in [1.807, 2.05) is 63.2 Å². The summed E-state index contributed by atoms with van der Waals surface area (Å²) in [6.07, 6.45) is 1.04. The molecule has 28 heavy (non-hydrogen) atoms. The van der Waals surface area contributed by atoms with E-state index in [-0.39, 0.29) is 11.2 Å². The third-order valence-corrected chi connectivity index (χ3v) is 4.78. The third-order valence-electron chi connectivity index (χ3n) is 4.45.